The maximum Gasteiger partial charge on any atom is 0.144 e. The number of thioether (sulfide) groups is 1. The highest BCUT2D eigenvalue weighted by molar-refractivity contribution is 7.99. The Morgan fingerprint density at radius 3 is 2.63 bits per heavy atom. The summed E-state index contributed by atoms with van der Waals surface area (Å²) in [7, 11) is 0. The first-order chi connectivity index (χ1) is 13.3. The standard InChI is InChI=1S/C21H22ClN3OS/c22-18-7-3-1-5-16(18)9-14-27-21-17-6-2-4-8-19(17)23-20(24-21)15-25-10-12-26-13-11-25/h1-8H,9-15H2. The number of ether oxygens (including phenoxy) is 1. The quantitative estimate of drug-likeness (QED) is 0.452. The fraction of sp³-hybridized carbons (Fsp3) is 0.333. The van der Waals surface area contributed by atoms with Crippen LogP contribution in [-0.2, 0) is 17.7 Å². The Hall–Kier alpha value is -1.66. The number of benzene rings is 2. The highest BCUT2D eigenvalue weighted by atomic mass is 35.5. The molecule has 140 valence electrons. The van der Waals surface area contributed by atoms with Gasteiger partial charge < -0.3 is 4.74 Å². The van der Waals surface area contributed by atoms with Crippen molar-refractivity contribution >= 4 is 34.3 Å². The van der Waals surface area contributed by atoms with Crippen LogP contribution in [0.4, 0.5) is 0 Å². The first kappa shape index (κ1) is 18.7. The monoisotopic (exact) mass is 399 g/mol. The molecule has 27 heavy (non-hydrogen) atoms. The van der Waals surface area contributed by atoms with Gasteiger partial charge in [0.2, 0.25) is 0 Å². The van der Waals surface area contributed by atoms with Crippen molar-refractivity contribution in [3.05, 3.63) is 64.9 Å². The van der Waals surface area contributed by atoms with Gasteiger partial charge in [-0.05, 0) is 24.1 Å². The van der Waals surface area contributed by atoms with E-state index in [2.05, 4.69) is 23.1 Å². The summed E-state index contributed by atoms with van der Waals surface area (Å²) in [6.07, 6.45) is 0.918. The van der Waals surface area contributed by atoms with Crippen LogP contribution >= 0.6 is 23.4 Å². The van der Waals surface area contributed by atoms with Crippen LogP contribution in [0, 0.1) is 0 Å². The van der Waals surface area contributed by atoms with E-state index in [1.54, 1.807) is 11.8 Å². The molecule has 0 spiro atoms. The Morgan fingerprint density at radius 1 is 1.00 bits per heavy atom. The van der Waals surface area contributed by atoms with Crippen molar-refractivity contribution in [1.29, 1.82) is 0 Å². The number of hydrogen-bond donors (Lipinski definition) is 0. The Labute approximate surface area is 168 Å². The van der Waals surface area contributed by atoms with Crippen LogP contribution in [-0.4, -0.2) is 46.9 Å². The van der Waals surface area contributed by atoms with E-state index in [-0.39, 0.29) is 0 Å². The number of nitrogens with zero attached hydrogens (tertiary/aromatic N) is 3. The number of aryl methyl sites for hydroxylation is 1. The fourth-order valence-electron chi connectivity index (χ4n) is 3.19. The summed E-state index contributed by atoms with van der Waals surface area (Å²) in [5.74, 6) is 1.82. The first-order valence-corrected chi connectivity index (χ1v) is 10.6. The Bertz CT molecular complexity index is 915. The third-order valence-electron chi connectivity index (χ3n) is 4.65. The van der Waals surface area contributed by atoms with Gasteiger partial charge in [-0.15, -0.1) is 11.8 Å². The number of aromatic nitrogens is 2. The van der Waals surface area contributed by atoms with Gasteiger partial charge in [-0.3, -0.25) is 4.90 Å². The van der Waals surface area contributed by atoms with Gasteiger partial charge in [-0.1, -0.05) is 48.0 Å². The molecule has 6 heteroatoms. The average molecular weight is 400 g/mol. The average Bonchev–Trinajstić information content (AvgIpc) is 2.70. The summed E-state index contributed by atoms with van der Waals surface area (Å²) in [5, 5.41) is 3.00. The Balaban J connectivity index is 1.52. The normalized spacial score (nSPS) is 15.3. The van der Waals surface area contributed by atoms with E-state index in [0.717, 1.165) is 71.8 Å². The van der Waals surface area contributed by atoms with Gasteiger partial charge in [-0.25, -0.2) is 9.97 Å². The smallest absolute Gasteiger partial charge is 0.144 e. The fourth-order valence-corrected chi connectivity index (χ4v) is 4.44. The van der Waals surface area contributed by atoms with Gasteiger partial charge in [-0.2, -0.15) is 0 Å². The van der Waals surface area contributed by atoms with Crippen molar-refractivity contribution in [2.45, 2.75) is 18.0 Å². The number of para-hydroxylation sites is 1. The van der Waals surface area contributed by atoms with Crippen molar-refractivity contribution in [3.63, 3.8) is 0 Å². The largest absolute Gasteiger partial charge is 0.379 e. The van der Waals surface area contributed by atoms with E-state index in [1.807, 2.05) is 30.3 Å². The summed E-state index contributed by atoms with van der Waals surface area (Å²) in [5.41, 5.74) is 2.19. The SMILES string of the molecule is Clc1ccccc1CCSc1nc(CN2CCOCC2)nc2ccccc12. The number of fused-ring (bicyclic) bond motifs is 1. The molecule has 1 aliphatic rings. The van der Waals surface area contributed by atoms with Crippen molar-refractivity contribution < 1.29 is 4.74 Å². The number of rotatable bonds is 6. The highest BCUT2D eigenvalue weighted by Gasteiger charge is 2.14. The molecule has 4 nitrogen and oxygen atoms in total. The molecule has 0 N–H and O–H groups in total. The van der Waals surface area contributed by atoms with E-state index < -0.39 is 0 Å². The van der Waals surface area contributed by atoms with Crippen molar-refractivity contribution in [2.75, 3.05) is 32.1 Å². The second-order valence-electron chi connectivity index (χ2n) is 6.54. The van der Waals surface area contributed by atoms with Crippen molar-refractivity contribution in [2.24, 2.45) is 0 Å². The van der Waals surface area contributed by atoms with Crippen LogP contribution in [0.15, 0.2) is 53.6 Å². The molecule has 1 aromatic heterocycles. The molecule has 0 atom stereocenters. The minimum Gasteiger partial charge on any atom is -0.379 e. The lowest BCUT2D eigenvalue weighted by Gasteiger charge is -2.25. The molecule has 0 aliphatic carbocycles. The summed E-state index contributed by atoms with van der Waals surface area (Å²) in [6, 6.07) is 16.3. The van der Waals surface area contributed by atoms with Crippen molar-refractivity contribution in [3.8, 4) is 0 Å². The molecule has 2 heterocycles. The Kier molecular flexibility index (Phi) is 6.24. The summed E-state index contributed by atoms with van der Waals surface area (Å²) in [6.45, 7) is 4.21. The van der Waals surface area contributed by atoms with Crippen LogP contribution in [0.1, 0.15) is 11.4 Å². The van der Waals surface area contributed by atoms with E-state index in [9.17, 15) is 0 Å². The molecule has 1 fully saturated rings. The van der Waals surface area contributed by atoms with Crippen LogP contribution in [0.5, 0.6) is 0 Å². The molecule has 4 rings (SSSR count). The van der Waals surface area contributed by atoms with E-state index in [4.69, 9.17) is 26.3 Å². The predicted molar refractivity (Wildman–Crippen MR) is 112 cm³/mol. The molecular weight excluding hydrogens is 378 g/mol. The number of morpholine rings is 1. The molecular formula is C21H22ClN3OS. The van der Waals surface area contributed by atoms with Gasteiger partial charge in [0.05, 0.1) is 25.3 Å². The van der Waals surface area contributed by atoms with Gasteiger partial charge in [0.25, 0.3) is 0 Å². The highest BCUT2D eigenvalue weighted by Crippen LogP contribution is 2.27. The lowest BCUT2D eigenvalue weighted by atomic mass is 10.2. The Morgan fingerprint density at radius 2 is 1.78 bits per heavy atom. The third kappa shape index (κ3) is 4.79. The molecule has 3 aromatic rings. The minimum atomic E-state index is 0.770. The van der Waals surface area contributed by atoms with E-state index in [0.29, 0.717) is 0 Å². The molecule has 2 aromatic carbocycles. The molecule has 1 saturated heterocycles. The topological polar surface area (TPSA) is 38.2 Å². The number of halogens is 1. The minimum absolute atomic E-state index is 0.770. The maximum atomic E-state index is 6.28. The summed E-state index contributed by atoms with van der Waals surface area (Å²) < 4.78 is 5.44. The van der Waals surface area contributed by atoms with Gasteiger partial charge in [0, 0.05) is 29.3 Å². The van der Waals surface area contributed by atoms with Crippen molar-refractivity contribution in [1.82, 2.24) is 14.9 Å². The molecule has 0 saturated carbocycles. The molecule has 1 aliphatic heterocycles. The predicted octanol–water partition coefficient (Wildman–Crippen LogP) is 4.45. The van der Waals surface area contributed by atoms with Crippen LogP contribution in [0.2, 0.25) is 5.02 Å². The van der Waals surface area contributed by atoms with Crippen LogP contribution in [0.25, 0.3) is 10.9 Å². The van der Waals surface area contributed by atoms with Crippen LogP contribution in [0.3, 0.4) is 0 Å². The summed E-state index contributed by atoms with van der Waals surface area (Å²) >= 11 is 8.06. The van der Waals surface area contributed by atoms with E-state index >= 15 is 0 Å². The zero-order valence-corrected chi connectivity index (χ0v) is 16.7. The lowest BCUT2D eigenvalue weighted by molar-refractivity contribution is 0.0330. The van der Waals surface area contributed by atoms with Crippen LogP contribution < -0.4 is 0 Å². The van der Waals surface area contributed by atoms with Gasteiger partial charge in [0.1, 0.15) is 10.9 Å². The zero-order chi connectivity index (χ0) is 18.5. The lowest BCUT2D eigenvalue weighted by Crippen LogP contribution is -2.36. The van der Waals surface area contributed by atoms with E-state index in [1.165, 1.54) is 5.56 Å². The third-order valence-corrected chi connectivity index (χ3v) is 6.01. The number of hydrogen-bond acceptors (Lipinski definition) is 5. The first-order valence-electron chi connectivity index (χ1n) is 9.21. The molecule has 0 radical (unpaired) electrons. The second-order valence-corrected chi connectivity index (χ2v) is 8.03. The maximum absolute atomic E-state index is 6.28. The summed E-state index contributed by atoms with van der Waals surface area (Å²) in [4.78, 5) is 12.0. The molecule has 0 bridgehead atoms. The molecule has 0 unspecified atom stereocenters. The molecule has 0 amide bonds. The second kappa shape index (κ2) is 9.02. The zero-order valence-electron chi connectivity index (χ0n) is 15.1. The van der Waals surface area contributed by atoms with Gasteiger partial charge >= 0.3 is 0 Å². The van der Waals surface area contributed by atoms with Gasteiger partial charge in [0.15, 0.2) is 0 Å².